The first-order valence-corrected chi connectivity index (χ1v) is 4.27. The Bertz CT molecular complexity index is 247. The number of nitrogens with zero attached hydrogens (tertiary/aromatic N) is 1. The summed E-state index contributed by atoms with van der Waals surface area (Å²) >= 11 is 0. The van der Waals surface area contributed by atoms with Crippen molar-refractivity contribution in [2.45, 2.75) is 26.2 Å². The van der Waals surface area contributed by atoms with Crippen LogP contribution in [0.4, 0.5) is 0 Å². The third-order valence-electron chi connectivity index (χ3n) is 2.05. The van der Waals surface area contributed by atoms with Crippen LogP contribution in [0.2, 0.25) is 0 Å². The van der Waals surface area contributed by atoms with E-state index in [-0.39, 0.29) is 6.61 Å². The second-order valence-corrected chi connectivity index (χ2v) is 3.14. The first-order chi connectivity index (χ1) is 5.74. The highest BCUT2D eigenvalue weighted by Gasteiger charge is 2.03. The molecule has 2 heteroatoms. The Morgan fingerprint density at radius 2 is 2.33 bits per heavy atom. The van der Waals surface area contributed by atoms with E-state index in [4.69, 9.17) is 5.11 Å². The summed E-state index contributed by atoms with van der Waals surface area (Å²) < 4.78 is 0. The number of aliphatic hydroxyl groups is 1. The molecular formula is C10H15NO. The molecule has 66 valence electrons. The van der Waals surface area contributed by atoms with E-state index >= 15 is 0 Å². The van der Waals surface area contributed by atoms with Crippen LogP contribution < -0.4 is 0 Å². The highest BCUT2D eigenvalue weighted by atomic mass is 16.3. The topological polar surface area (TPSA) is 33.1 Å². The van der Waals surface area contributed by atoms with Gasteiger partial charge in [0.25, 0.3) is 0 Å². The van der Waals surface area contributed by atoms with Crippen LogP contribution in [-0.2, 0) is 0 Å². The van der Waals surface area contributed by atoms with Gasteiger partial charge in [-0.2, -0.15) is 0 Å². The van der Waals surface area contributed by atoms with Crippen LogP contribution in [0.15, 0.2) is 18.3 Å². The Morgan fingerprint density at radius 3 is 2.92 bits per heavy atom. The van der Waals surface area contributed by atoms with Crippen molar-refractivity contribution in [3.05, 3.63) is 29.6 Å². The smallest absolute Gasteiger partial charge is 0.0436 e. The summed E-state index contributed by atoms with van der Waals surface area (Å²) in [5.41, 5.74) is 2.30. The molecule has 1 unspecified atom stereocenters. The quantitative estimate of drug-likeness (QED) is 0.741. The monoisotopic (exact) mass is 165 g/mol. The van der Waals surface area contributed by atoms with E-state index in [2.05, 4.69) is 18.0 Å². The molecule has 0 fully saturated rings. The molecule has 0 spiro atoms. The van der Waals surface area contributed by atoms with Crippen LogP contribution in [0.3, 0.4) is 0 Å². The molecule has 1 atom stereocenters. The fourth-order valence-electron chi connectivity index (χ4n) is 1.23. The van der Waals surface area contributed by atoms with Gasteiger partial charge in [-0.1, -0.05) is 6.92 Å². The lowest BCUT2D eigenvalue weighted by Crippen LogP contribution is -1.97. The van der Waals surface area contributed by atoms with Crippen LogP contribution in [-0.4, -0.2) is 16.7 Å². The highest BCUT2D eigenvalue weighted by Crippen LogP contribution is 2.17. The van der Waals surface area contributed by atoms with Crippen molar-refractivity contribution < 1.29 is 5.11 Å². The van der Waals surface area contributed by atoms with Crippen molar-refractivity contribution in [2.24, 2.45) is 0 Å². The molecule has 1 N–H and O–H groups in total. The minimum atomic E-state index is 0.253. The van der Waals surface area contributed by atoms with Crippen molar-refractivity contribution in [2.75, 3.05) is 6.61 Å². The van der Waals surface area contributed by atoms with Gasteiger partial charge in [-0.05, 0) is 37.0 Å². The maximum absolute atomic E-state index is 8.75. The number of aryl methyl sites for hydroxylation is 1. The standard InChI is InChI=1S/C10H15NO/c1-8(4-6-12)10-3-5-11-9(2)7-10/h3,5,7-8,12H,4,6H2,1-2H3. The van der Waals surface area contributed by atoms with Gasteiger partial charge in [0.15, 0.2) is 0 Å². The Balaban J connectivity index is 2.73. The Kier molecular flexibility index (Phi) is 3.23. The molecule has 0 aliphatic heterocycles. The maximum atomic E-state index is 8.75. The molecular weight excluding hydrogens is 150 g/mol. The predicted octanol–water partition coefficient (Wildman–Crippen LogP) is 1.88. The molecule has 0 amide bonds. The number of hydrogen-bond acceptors (Lipinski definition) is 2. The molecule has 12 heavy (non-hydrogen) atoms. The summed E-state index contributed by atoms with van der Waals surface area (Å²) in [4.78, 5) is 4.12. The molecule has 1 aromatic rings. The molecule has 1 rings (SSSR count). The van der Waals surface area contributed by atoms with E-state index in [0.29, 0.717) is 5.92 Å². The second-order valence-electron chi connectivity index (χ2n) is 3.14. The van der Waals surface area contributed by atoms with E-state index in [1.54, 1.807) is 0 Å². The molecule has 0 aliphatic rings. The van der Waals surface area contributed by atoms with Gasteiger partial charge in [-0.25, -0.2) is 0 Å². The zero-order chi connectivity index (χ0) is 8.97. The Labute approximate surface area is 73.3 Å². The van der Waals surface area contributed by atoms with Gasteiger partial charge in [0, 0.05) is 18.5 Å². The lowest BCUT2D eigenvalue weighted by atomic mass is 9.99. The molecule has 2 nitrogen and oxygen atoms in total. The zero-order valence-electron chi connectivity index (χ0n) is 7.62. The van der Waals surface area contributed by atoms with E-state index in [1.807, 2.05) is 19.2 Å². The number of aliphatic hydroxyl groups excluding tert-OH is 1. The van der Waals surface area contributed by atoms with Gasteiger partial charge in [-0.15, -0.1) is 0 Å². The van der Waals surface area contributed by atoms with Gasteiger partial charge in [0.2, 0.25) is 0 Å². The van der Waals surface area contributed by atoms with Crippen molar-refractivity contribution in [3.63, 3.8) is 0 Å². The predicted molar refractivity (Wildman–Crippen MR) is 49.1 cm³/mol. The third-order valence-corrected chi connectivity index (χ3v) is 2.05. The third kappa shape index (κ3) is 2.31. The number of aromatic nitrogens is 1. The van der Waals surface area contributed by atoms with Gasteiger partial charge < -0.3 is 5.11 Å². The van der Waals surface area contributed by atoms with Crippen LogP contribution in [0.1, 0.15) is 30.5 Å². The molecule has 0 saturated heterocycles. The number of pyridine rings is 1. The average molecular weight is 165 g/mol. The molecule has 1 heterocycles. The highest BCUT2D eigenvalue weighted by molar-refractivity contribution is 5.19. The van der Waals surface area contributed by atoms with Crippen LogP contribution in [0.5, 0.6) is 0 Å². The Hall–Kier alpha value is -0.890. The van der Waals surface area contributed by atoms with Crippen LogP contribution >= 0.6 is 0 Å². The summed E-state index contributed by atoms with van der Waals surface area (Å²) in [5, 5.41) is 8.75. The molecule has 0 aliphatic carbocycles. The van der Waals surface area contributed by atoms with Gasteiger partial charge >= 0.3 is 0 Å². The van der Waals surface area contributed by atoms with Gasteiger partial charge in [0.05, 0.1) is 0 Å². The largest absolute Gasteiger partial charge is 0.396 e. The van der Waals surface area contributed by atoms with Gasteiger partial charge in [0.1, 0.15) is 0 Å². The molecule has 0 bridgehead atoms. The first-order valence-electron chi connectivity index (χ1n) is 4.27. The number of rotatable bonds is 3. The lowest BCUT2D eigenvalue weighted by Gasteiger charge is -2.09. The zero-order valence-corrected chi connectivity index (χ0v) is 7.62. The van der Waals surface area contributed by atoms with E-state index < -0.39 is 0 Å². The van der Waals surface area contributed by atoms with Crippen molar-refractivity contribution in [3.8, 4) is 0 Å². The first kappa shape index (κ1) is 9.20. The van der Waals surface area contributed by atoms with Crippen molar-refractivity contribution >= 4 is 0 Å². The molecule has 1 aromatic heterocycles. The van der Waals surface area contributed by atoms with E-state index in [9.17, 15) is 0 Å². The van der Waals surface area contributed by atoms with E-state index in [0.717, 1.165) is 12.1 Å². The summed E-state index contributed by atoms with van der Waals surface area (Å²) in [6, 6.07) is 4.08. The van der Waals surface area contributed by atoms with E-state index in [1.165, 1.54) is 5.56 Å². The SMILES string of the molecule is Cc1cc(C(C)CCO)ccn1. The van der Waals surface area contributed by atoms with Crippen LogP contribution in [0.25, 0.3) is 0 Å². The Morgan fingerprint density at radius 1 is 1.58 bits per heavy atom. The maximum Gasteiger partial charge on any atom is 0.0436 e. The second kappa shape index (κ2) is 4.21. The summed E-state index contributed by atoms with van der Waals surface area (Å²) in [6.45, 7) is 4.35. The van der Waals surface area contributed by atoms with Crippen molar-refractivity contribution in [1.29, 1.82) is 0 Å². The average Bonchev–Trinajstić information content (AvgIpc) is 2.05. The van der Waals surface area contributed by atoms with Crippen molar-refractivity contribution in [1.82, 2.24) is 4.98 Å². The molecule has 0 radical (unpaired) electrons. The lowest BCUT2D eigenvalue weighted by molar-refractivity contribution is 0.278. The fraction of sp³-hybridized carbons (Fsp3) is 0.500. The van der Waals surface area contributed by atoms with Crippen LogP contribution in [0, 0.1) is 6.92 Å². The minimum Gasteiger partial charge on any atom is -0.396 e. The summed E-state index contributed by atoms with van der Waals surface area (Å²) in [5.74, 6) is 0.427. The normalized spacial score (nSPS) is 12.9. The van der Waals surface area contributed by atoms with Gasteiger partial charge in [-0.3, -0.25) is 4.98 Å². The number of hydrogen-bond donors (Lipinski definition) is 1. The fourth-order valence-corrected chi connectivity index (χ4v) is 1.23. The summed E-state index contributed by atoms with van der Waals surface area (Å²) in [7, 11) is 0. The molecule has 0 aromatic carbocycles. The molecule has 0 saturated carbocycles. The summed E-state index contributed by atoms with van der Waals surface area (Å²) in [6.07, 6.45) is 2.64. The minimum absolute atomic E-state index is 0.253.